The van der Waals surface area contributed by atoms with Crippen LogP contribution in [0.4, 0.5) is 0 Å². The summed E-state index contributed by atoms with van der Waals surface area (Å²) < 4.78 is 0. The first-order valence-corrected chi connectivity index (χ1v) is 7.36. The second-order valence-electron chi connectivity index (χ2n) is 6.36. The van der Waals surface area contributed by atoms with E-state index in [1.807, 2.05) is 0 Å². The van der Waals surface area contributed by atoms with E-state index in [9.17, 15) is 5.11 Å². The van der Waals surface area contributed by atoms with Gasteiger partial charge in [-0.2, -0.15) is 0 Å². The quantitative estimate of drug-likeness (QED) is 0.737. The van der Waals surface area contributed by atoms with Crippen molar-refractivity contribution in [2.75, 3.05) is 0 Å². The van der Waals surface area contributed by atoms with Gasteiger partial charge in [-0.3, -0.25) is 0 Å². The van der Waals surface area contributed by atoms with E-state index in [2.05, 4.69) is 24.4 Å². The second-order valence-corrected chi connectivity index (χ2v) is 6.36. The second kappa shape index (κ2) is 4.74. The van der Waals surface area contributed by atoms with Gasteiger partial charge in [-0.25, -0.2) is 0 Å². The smallest absolute Gasteiger partial charge is 0.0693 e. The summed E-state index contributed by atoms with van der Waals surface area (Å²) >= 11 is 0. The third-order valence-electron chi connectivity index (χ3n) is 5.18. The summed E-state index contributed by atoms with van der Waals surface area (Å²) in [5, 5.41) is 13.7. The van der Waals surface area contributed by atoms with Crippen molar-refractivity contribution in [3.63, 3.8) is 0 Å². The predicted octanol–water partition coefficient (Wildman–Crippen LogP) is 2.48. The zero-order valence-electron chi connectivity index (χ0n) is 10.8. The maximum Gasteiger partial charge on any atom is 0.0693 e. The van der Waals surface area contributed by atoms with Gasteiger partial charge in [0.1, 0.15) is 0 Å². The third-order valence-corrected chi connectivity index (χ3v) is 5.18. The highest BCUT2D eigenvalue weighted by Gasteiger charge is 2.39. The monoisotopic (exact) mass is 235 g/mol. The van der Waals surface area contributed by atoms with Crippen molar-refractivity contribution < 1.29 is 5.11 Å². The fraction of sp³-hybridized carbons (Fsp3) is 0.867. The minimum atomic E-state index is -0.111. The molecule has 3 aliphatic rings. The van der Waals surface area contributed by atoms with Crippen molar-refractivity contribution in [2.45, 2.75) is 63.6 Å². The number of fused-ring (bicyclic) bond motifs is 2. The van der Waals surface area contributed by atoms with Crippen LogP contribution in [0.3, 0.4) is 0 Å². The molecule has 0 aliphatic heterocycles. The SMILES string of the molecule is CC(NC1CCCCC1O)C1CC2C=CC1C2. The van der Waals surface area contributed by atoms with E-state index in [4.69, 9.17) is 0 Å². The summed E-state index contributed by atoms with van der Waals surface area (Å²) in [5.74, 6) is 2.47. The summed E-state index contributed by atoms with van der Waals surface area (Å²) in [6.07, 6.45) is 12.1. The highest BCUT2D eigenvalue weighted by Crippen LogP contribution is 2.45. The average molecular weight is 235 g/mol. The summed E-state index contributed by atoms with van der Waals surface area (Å²) in [7, 11) is 0. The van der Waals surface area contributed by atoms with Crippen LogP contribution < -0.4 is 5.32 Å². The Kier molecular flexibility index (Phi) is 3.27. The molecule has 2 nitrogen and oxygen atoms in total. The number of nitrogens with one attached hydrogen (secondary N) is 1. The van der Waals surface area contributed by atoms with Crippen molar-refractivity contribution in [1.82, 2.24) is 5.32 Å². The molecule has 0 heterocycles. The predicted molar refractivity (Wildman–Crippen MR) is 69.7 cm³/mol. The number of rotatable bonds is 3. The van der Waals surface area contributed by atoms with Gasteiger partial charge in [0.25, 0.3) is 0 Å². The Morgan fingerprint density at radius 1 is 1.18 bits per heavy atom. The lowest BCUT2D eigenvalue weighted by atomic mass is 9.85. The first-order valence-electron chi connectivity index (χ1n) is 7.36. The molecule has 96 valence electrons. The molecule has 0 aromatic heterocycles. The van der Waals surface area contributed by atoms with Gasteiger partial charge < -0.3 is 10.4 Å². The maximum atomic E-state index is 10.0. The Bertz CT molecular complexity index is 301. The van der Waals surface area contributed by atoms with Gasteiger partial charge in [0, 0.05) is 12.1 Å². The van der Waals surface area contributed by atoms with Crippen LogP contribution >= 0.6 is 0 Å². The van der Waals surface area contributed by atoms with E-state index in [1.165, 1.54) is 25.7 Å². The topological polar surface area (TPSA) is 32.3 Å². The van der Waals surface area contributed by atoms with Gasteiger partial charge in [0.15, 0.2) is 0 Å². The molecular weight excluding hydrogens is 210 g/mol. The standard InChI is InChI=1S/C15H25NO/c1-10(13-9-11-6-7-12(13)8-11)16-14-4-2-3-5-15(14)17/h6-7,10-17H,2-5,8-9H2,1H3. The van der Waals surface area contributed by atoms with Crippen LogP contribution in [0.15, 0.2) is 12.2 Å². The number of aliphatic hydroxyl groups is 1. The molecule has 17 heavy (non-hydrogen) atoms. The van der Waals surface area contributed by atoms with E-state index in [0.717, 1.165) is 30.6 Å². The van der Waals surface area contributed by atoms with Gasteiger partial charge in [0.2, 0.25) is 0 Å². The molecule has 6 atom stereocenters. The Hall–Kier alpha value is -0.340. The van der Waals surface area contributed by atoms with Crippen LogP contribution in [-0.4, -0.2) is 23.3 Å². The fourth-order valence-electron chi connectivity index (χ4n) is 4.17. The zero-order chi connectivity index (χ0) is 11.8. The Morgan fingerprint density at radius 3 is 2.65 bits per heavy atom. The molecule has 2 fully saturated rings. The minimum Gasteiger partial charge on any atom is -0.392 e. The third kappa shape index (κ3) is 2.30. The Labute approximate surface area is 104 Å². The van der Waals surface area contributed by atoms with Crippen molar-refractivity contribution in [1.29, 1.82) is 0 Å². The number of hydrogen-bond donors (Lipinski definition) is 2. The number of aliphatic hydroxyl groups excluding tert-OH is 1. The largest absolute Gasteiger partial charge is 0.392 e. The minimum absolute atomic E-state index is 0.111. The summed E-state index contributed by atoms with van der Waals surface area (Å²) in [5.41, 5.74) is 0. The Morgan fingerprint density at radius 2 is 2.00 bits per heavy atom. The van der Waals surface area contributed by atoms with E-state index >= 15 is 0 Å². The van der Waals surface area contributed by atoms with Crippen molar-refractivity contribution >= 4 is 0 Å². The lowest BCUT2D eigenvalue weighted by molar-refractivity contribution is 0.0797. The van der Waals surface area contributed by atoms with E-state index in [1.54, 1.807) is 0 Å². The molecule has 0 aromatic rings. The first kappa shape index (κ1) is 11.7. The van der Waals surface area contributed by atoms with Gasteiger partial charge in [-0.1, -0.05) is 25.0 Å². The molecule has 0 saturated heterocycles. The molecule has 2 N–H and O–H groups in total. The molecule has 0 spiro atoms. The maximum absolute atomic E-state index is 10.0. The van der Waals surface area contributed by atoms with Crippen LogP contribution in [0.5, 0.6) is 0 Å². The lowest BCUT2D eigenvalue weighted by Gasteiger charge is -2.35. The molecule has 6 unspecified atom stereocenters. The molecule has 2 saturated carbocycles. The molecular formula is C15H25NO. The normalized spacial score (nSPS) is 46.4. The summed E-state index contributed by atoms with van der Waals surface area (Å²) in [6, 6.07) is 0.912. The molecule has 0 aromatic carbocycles. The molecule has 0 amide bonds. The zero-order valence-corrected chi connectivity index (χ0v) is 10.8. The Balaban J connectivity index is 1.56. The van der Waals surface area contributed by atoms with Crippen LogP contribution in [0.2, 0.25) is 0 Å². The van der Waals surface area contributed by atoms with Gasteiger partial charge in [-0.15, -0.1) is 0 Å². The first-order chi connectivity index (χ1) is 8.24. The van der Waals surface area contributed by atoms with Crippen LogP contribution in [0, 0.1) is 17.8 Å². The van der Waals surface area contributed by atoms with E-state index in [0.29, 0.717) is 12.1 Å². The van der Waals surface area contributed by atoms with Crippen molar-refractivity contribution in [3.8, 4) is 0 Å². The molecule has 2 heteroatoms. The van der Waals surface area contributed by atoms with E-state index < -0.39 is 0 Å². The highest BCUT2D eigenvalue weighted by atomic mass is 16.3. The summed E-state index contributed by atoms with van der Waals surface area (Å²) in [6.45, 7) is 2.32. The van der Waals surface area contributed by atoms with Crippen molar-refractivity contribution in [2.24, 2.45) is 17.8 Å². The van der Waals surface area contributed by atoms with Crippen LogP contribution in [-0.2, 0) is 0 Å². The van der Waals surface area contributed by atoms with Crippen molar-refractivity contribution in [3.05, 3.63) is 12.2 Å². The van der Waals surface area contributed by atoms with Gasteiger partial charge in [-0.05, 0) is 50.4 Å². The number of allylic oxidation sites excluding steroid dienone is 2. The number of hydrogen-bond acceptors (Lipinski definition) is 2. The van der Waals surface area contributed by atoms with Gasteiger partial charge in [0.05, 0.1) is 6.10 Å². The average Bonchev–Trinajstić information content (AvgIpc) is 2.94. The fourth-order valence-corrected chi connectivity index (χ4v) is 4.17. The summed E-state index contributed by atoms with van der Waals surface area (Å²) in [4.78, 5) is 0. The highest BCUT2D eigenvalue weighted by molar-refractivity contribution is 5.11. The van der Waals surface area contributed by atoms with E-state index in [-0.39, 0.29) is 6.10 Å². The molecule has 3 rings (SSSR count). The van der Waals surface area contributed by atoms with Gasteiger partial charge >= 0.3 is 0 Å². The molecule has 0 radical (unpaired) electrons. The lowest BCUT2D eigenvalue weighted by Crippen LogP contribution is -2.49. The van der Waals surface area contributed by atoms with Crippen LogP contribution in [0.1, 0.15) is 45.4 Å². The van der Waals surface area contributed by atoms with Crippen LogP contribution in [0.25, 0.3) is 0 Å². The molecule has 2 bridgehead atoms. The molecule has 3 aliphatic carbocycles.